The fourth-order valence-corrected chi connectivity index (χ4v) is 6.30. The van der Waals surface area contributed by atoms with Crippen LogP contribution in [0.25, 0.3) is 27.6 Å². The molecule has 5 aromatic rings. The molecule has 3 aromatic heterocycles. The standard InChI is InChI=1S/C29H34N8/c1-21-30-25-11-5-6-12-26(25)36(21)20-15-27-32-28-23-9-3-4-10-24(23)31-29(37(28)33-27)35-18-13-22(14-19-35)34-16-7-2-8-17-34/h3-6,9-12,22H,2,7-8,13-20H2,1H3. The van der Waals surface area contributed by atoms with E-state index in [1.54, 1.807) is 0 Å². The number of fused-ring (bicyclic) bond motifs is 4. The fraction of sp³-hybridized carbons (Fsp3) is 0.448. The second-order valence-corrected chi connectivity index (χ2v) is 10.6. The van der Waals surface area contributed by atoms with Gasteiger partial charge in [-0.05, 0) is 70.0 Å². The summed E-state index contributed by atoms with van der Waals surface area (Å²) >= 11 is 0. The minimum absolute atomic E-state index is 0.701. The molecule has 37 heavy (non-hydrogen) atoms. The van der Waals surface area contributed by atoms with Gasteiger partial charge in [0.1, 0.15) is 5.82 Å². The first-order valence-electron chi connectivity index (χ1n) is 13.8. The summed E-state index contributed by atoms with van der Waals surface area (Å²) in [6, 6.07) is 17.3. The van der Waals surface area contributed by atoms with Crippen molar-refractivity contribution in [2.75, 3.05) is 31.1 Å². The van der Waals surface area contributed by atoms with Gasteiger partial charge in [0.2, 0.25) is 5.95 Å². The molecular formula is C29H34N8. The Hall–Kier alpha value is -3.52. The van der Waals surface area contributed by atoms with Crippen LogP contribution in [0.2, 0.25) is 0 Å². The second-order valence-electron chi connectivity index (χ2n) is 10.6. The van der Waals surface area contributed by atoms with Gasteiger partial charge in [-0.15, -0.1) is 5.10 Å². The van der Waals surface area contributed by atoms with E-state index in [2.05, 4.69) is 63.8 Å². The van der Waals surface area contributed by atoms with Crippen molar-refractivity contribution in [2.45, 2.75) is 58.0 Å². The SMILES string of the molecule is Cc1nc2ccccc2n1CCc1nc2c3ccccc3nc(N3CCC(N4CCCCC4)CC3)n2n1. The molecule has 8 heteroatoms. The average Bonchev–Trinajstić information content (AvgIpc) is 3.52. The van der Waals surface area contributed by atoms with Gasteiger partial charge >= 0.3 is 0 Å². The van der Waals surface area contributed by atoms with Gasteiger partial charge in [0.25, 0.3) is 0 Å². The third-order valence-electron chi connectivity index (χ3n) is 8.26. The first-order valence-corrected chi connectivity index (χ1v) is 13.8. The summed E-state index contributed by atoms with van der Waals surface area (Å²) in [5, 5.41) is 6.07. The van der Waals surface area contributed by atoms with E-state index in [9.17, 15) is 0 Å². The molecule has 0 saturated carbocycles. The molecule has 2 aliphatic rings. The van der Waals surface area contributed by atoms with E-state index in [0.29, 0.717) is 6.04 Å². The first-order chi connectivity index (χ1) is 18.2. The first kappa shape index (κ1) is 22.7. The lowest BCUT2D eigenvalue weighted by Gasteiger charge is -2.40. The molecule has 2 saturated heterocycles. The van der Waals surface area contributed by atoms with Crippen LogP contribution in [0.5, 0.6) is 0 Å². The molecule has 0 aliphatic carbocycles. The molecule has 190 valence electrons. The molecule has 0 N–H and O–H groups in total. The number of imidazole rings is 1. The second kappa shape index (κ2) is 9.41. The zero-order valence-corrected chi connectivity index (χ0v) is 21.6. The predicted octanol–water partition coefficient (Wildman–Crippen LogP) is 4.63. The summed E-state index contributed by atoms with van der Waals surface area (Å²) in [6.45, 7) is 7.42. The highest BCUT2D eigenvalue weighted by Crippen LogP contribution is 2.27. The molecular weight excluding hydrogens is 460 g/mol. The van der Waals surface area contributed by atoms with Crippen LogP contribution in [0, 0.1) is 6.92 Å². The number of benzene rings is 2. The van der Waals surface area contributed by atoms with Gasteiger partial charge in [-0.25, -0.2) is 15.0 Å². The predicted molar refractivity (Wildman–Crippen MR) is 147 cm³/mol. The lowest BCUT2D eigenvalue weighted by atomic mass is 10.00. The number of aromatic nitrogens is 6. The number of piperidine rings is 2. The van der Waals surface area contributed by atoms with E-state index in [4.69, 9.17) is 20.1 Å². The van der Waals surface area contributed by atoms with Crippen LogP contribution < -0.4 is 4.90 Å². The summed E-state index contributed by atoms with van der Waals surface area (Å²) in [5.74, 6) is 2.79. The molecule has 5 heterocycles. The largest absolute Gasteiger partial charge is 0.341 e. The van der Waals surface area contributed by atoms with Gasteiger partial charge in [-0.2, -0.15) is 4.52 Å². The monoisotopic (exact) mass is 494 g/mol. The van der Waals surface area contributed by atoms with E-state index >= 15 is 0 Å². The number of likely N-dealkylation sites (tertiary alicyclic amines) is 1. The maximum absolute atomic E-state index is 5.10. The van der Waals surface area contributed by atoms with Crippen LogP contribution in [-0.4, -0.2) is 66.3 Å². The molecule has 0 bridgehead atoms. The molecule has 2 aliphatic heterocycles. The van der Waals surface area contributed by atoms with Crippen LogP contribution in [0.15, 0.2) is 48.5 Å². The Labute approximate surface area is 216 Å². The third kappa shape index (κ3) is 4.13. The van der Waals surface area contributed by atoms with Gasteiger partial charge < -0.3 is 14.4 Å². The molecule has 2 fully saturated rings. The van der Waals surface area contributed by atoms with E-state index in [0.717, 1.165) is 71.2 Å². The van der Waals surface area contributed by atoms with E-state index in [1.807, 2.05) is 10.6 Å². The quantitative estimate of drug-likeness (QED) is 0.355. The Bertz CT molecular complexity index is 1550. The van der Waals surface area contributed by atoms with Crippen molar-refractivity contribution in [1.29, 1.82) is 0 Å². The van der Waals surface area contributed by atoms with Crippen LogP contribution in [0.1, 0.15) is 43.8 Å². The van der Waals surface area contributed by atoms with Crippen molar-refractivity contribution in [2.24, 2.45) is 0 Å². The van der Waals surface area contributed by atoms with Crippen molar-refractivity contribution >= 4 is 33.5 Å². The Kier molecular flexibility index (Phi) is 5.76. The molecule has 2 aromatic carbocycles. The Morgan fingerprint density at radius 1 is 0.811 bits per heavy atom. The number of hydrogen-bond donors (Lipinski definition) is 0. The van der Waals surface area contributed by atoms with Crippen molar-refractivity contribution in [3.8, 4) is 0 Å². The minimum Gasteiger partial charge on any atom is -0.341 e. The number of hydrogen-bond acceptors (Lipinski definition) is 6. The van der Waals surface area contributed by atoms with Crippen molar-refractivity contribution in [1.82, 2.24) is 34.0 Å². The van der Waals surface area contributed by atoms with E-state index in [-0.39, 0.29) is 0 Å². The number of anilines is 1. The van der Waals surface area contributed by atoms with Crippen molar-refractivity contribution < 1.29 is 0 Å². The van der Waals surface area contributed by atoms with Gasteiger partial charge in [0.15, 0.2) is 11.5 Å². The molecule has 0 atom stereocenters. The fourth-order valence-electron chi connectivity index (χ4n) is 6.30. The maximum Gasteiger partial charge on any atom is 0.229 e. The Morgan fingerprint density at radius 3 is 2.41 bits per heavy atom. The number of nitrogens with zero attached hydrogens (tertiary/aromatic N) is 8. The van der Waals surface area contributed by atoms with Gasteiger partial charge in [0, 0.05) is 37.5 Å². The molecule has 8 nitrogen and oxygen atoms in total. The summed E-state index contributed by atoms with van der Waals surface area (Å²) < 4.78 is 4.27. The highest BCUT2D eigenvalue weighted by molar-refractivity contribution is 5.92. The van der Waals surface area contributed by atoms with Crippen LogP contribution in [0.3, 0.4) is 0 Å². The van der Waals surface area contributed by atoms with E-state index < -0.39 is 0 Å². The molecule has 0 amide bonds. The maximum atomic E-state index is 5.10. The van der Waals surface area contributed by atoms with Gasteiger partial charge in [-0.1, -0.05) is 30.7 Å². The van der Waals surface area contributed by atoms with Crippen molar-refractivity contribution in [3.63, 3.8) is 0 Å². The zero-order valence-electron chi connectivity index (χ0n) is 21.6. The number of aryl methyl sites for hydroxylation is 3. The highest BCUT2D eigenvalue weighted by atomic mass is 15.4. The zero-order chi connectivity index (χ0) is 24.8. The molecule has 0 unspecified atom stereocenters. The lowest BCUT2D eigenvalue weighted by Crippen LogP contribution is -2.47. The lowest BCUT2D eigenvalue weighted by molar-refractivity contribution is 0.141. The van der Waals surface area contributed by atoms with Crippen LogP contribution in [-0.2, 0) is 13.0 Å². The van der Waals surface area contributed by atoms with Crippen LogP contribution >= 0.6 is 0 Å². The molecule has 0 spiro atoms. The van der Waals surface area contributed by atoms with Gasteiger partial charge in [0.05, 0.1) is 16.6 Å². The van der Waals surface area contributed by atoms with Crippen molar-refractivity contribution in [3.05, 3.63) is 60.2 Å². The summed E-state index contributed by atoms with van der Waals surface area (Å²) in [7, 11) is 0. The summed E-state index contributed by atoms with van der Waals surface area (Å²) in [4.78, 5) is 20.0. The average molecular weight is 495 g/mol. The highest BCUT2D eigenvalue weighted by Gasteiger charge is 2.28. The summed E-state index contributed by atoms with van der Waals surface area (Å²) in [6.07, 6.45) is 7.20. The Balaban J connectivity index is 1.19. The van der Waals surface area contributed by atoms with E-state index in [1.165, 1.54) is 45.2 Å². The van der Waals surface area contributed by atoms with Crippen LogP contribution in [0.4, 0.5) is 5.95 Å². The summed E-state index contributed by atoms with van der Waals surface area (Å²) in [5.41, 5.74) is 4.08. The normalized spacial score (nSPS) is 17.9. The number of para-hydroxylation sites is 3. The molecule has 0 radical (unpaired) electrons. The smallest absolute Gasteiger partial charge is 0.229 e. The van der Waals surface area contributed by atoms with Gasteiger partial charge in [-0.3, -0.25) is 0 Å². The number of rotatable bonds is 5. The minimum atomic E-state index is 0.701. The third-order valence-corrected chi connectivity index (χ3v) is 8.26. The topological polar surface area (TPSA) is 67.4 Å². The Morgan fingerprint density at radius 2 is 1.57 bits per heavy atom. The molecule has 7 rings (SSSR count).